The van der Waals surface area contributed by atoms with Gasteiger partial charge in [-0.2, -0.15) is 0 Å². The second-order valence-corrected chi connectivity index (χ2v) is 5.93. The van der Waals surface area contributed by atoms with E-state index in [1.54, 1.807) is 0 Å². The number of hydrogen-bond donors (Lipinski definition) is 1. The van der Waals surface area contributed by atoms with Crippen molar-refractivity contribution < 1.29 is 9.47 Å². The number of nitrogen functional groups attached to an aromatic ring is 1. The van der Waals surface area contributed by atoms with Gasteiger partial charge in [0.25, 0.3) is 0 Å². The van der Waals surface area contributed by atoms with Crippen LogP contribution in [0.25, 0.3) is 11.4 Å². The van der Waals surface area contributed by atoms with E-state index in [0.717, 1.165) is 20.6 Å². The fourth-order valence-corrected chi connectivity index (χ4v) is 2.89. The molecular weight excluding hydrogens is 369 g/mol. The monoisotopic (exact) mass is 383 g/mol. The summed E-state index contributed by atoms with van der Waals surface area (Å²) in [6.45, 7) is 4.44. The number of nitrogens with two attached hydrogens (primary N) is 1. The van der Waals surface area contributed by atoms with Gasteiger partial charge < -0.3 is 15.2 Å². The molecule has 104 valence electrons. The van der Waals surface area contributed by atoms with Gasteiger partial charge in [-0.25, -0.2) is 9.97 Å². The summed E-state index contributed by atoms with van der Waals surface area (Å²) in [6.07, 6.45) is 0. The molecule has 0 amide bonds. The molecule has 0 bridgehead atoms. The van der Waals surface area contributed by atoms with Crippen molar-refractivity contribution in [2.75, 3.05) is 12.5 Å². The van der Waals surface area contributed by atoms with Gasteiger partial charge in [0, 0.05) is 5.56 Å². The molecule has 0 radical (unpaired) electrons. The van der Waals surface area contributed by atoms with Gasteiger partial charge in [-0.3, -0.25) is 0 Å². The maximum atomic E-state index is 5.99. The summed E-state index contributed by atoms with van der Waals surface area (Å²) in [6, 6.07) is 5.66. The van der Waals surface area contributed by atoms with E-state index >= 15 is 0 Å². The van der Waals surface area contributed by atoms with E-state index in [2.05, 4.69) is 46.4 Å². The lowest BCUT2D eigenvalue weighted by Crippen LogP contribution is -2.06. The topological polar surface area (TPSA) is 70.3 Å². The van der Waals surface area contributed by atoms with Gasteiger partial charge in [0.15, 0.2) is 17.3 Å². The first-order valence-electron chi connectivity index (χ1n) is 6.29. The molecule has 1 aliphatic heterocycles. The average molecular weight is 383 g/mol. The molecule has 0 aliphatic carbocycles. The minimum absolute atomic E-state index is 0.256. The molecule has 5 nitrogen and oxygen atoms in total. The molecule has 0 fully saturated rings. The van der Waals surface area contributed by atoms with Gasteiger partial charge >= 0.3 is 0 Å². The normalized spacial score (nSPS) is 13.0. The molecule has 3 rings (SSSR count). The van der Waals surface area contributed by atoms with Crippen LogP contribution in [0, 0.1) is 3.57 Å². The lowest BCUT2D eigenvalue weighted by Gasteiger charge is -2.11. The Morgan fingerprint density at radius 1 is 1.20 bits per heavy atom. The zero-order valence-electron chi connectivity index (χ0n) is 11.2. The molecule has 2 N–H and O–H groups in total. The number of rotatable bonds is 2. The first-order valence-corrected chi connectivity index (χ1v) is 7.37. The van der Waals surface area contributed by atoms with E-state index in [9.17, 15) is 0 Å². The molecule has 0 spiro atoms. The number of aromatic nitrogens is 2. The molecule has 0 saturated carbocycles. The van der Waals surface area contributed by atoms with Crippen molar-refractivity contribution in [1.29, 1.82) is 0 Å². The van der Waals surface area contributed by atoms with E-state index in [0.29, 0.717) is 23.3 Å². The van der Waals surface area contributed by atoms with Crippen LogP contribution in [-0.4, -0.2) is 16.8 Å². The second kappa shape index (κ2) is 5.08. The van der Waals surface area contributed by atoms with Gasteiger partial charge in [0.2, 0.25) is 6.79 Å². The van der Waals surface area contributed by atoms with Crippen molar-refractivity contribution in [2.24, 2.45) is 0 Å². The summed E-state index contributed by atoms with van der Waals surface area (Å²) >= 11 is 2.19. The maximum absolute atomic E-state index is 5.99. The Morgan fingerprint density at radius 3 is 2.70 bits per heavy atom. The molecule has 0 saturated heterocycles. The molecule has 20 heavy (non-hydrogen) atoms. The van der Waals surface area contributed by atoms with E-state index in [1.165, 1.54) is 0 Å². The summed E-state index contributed by atoms with van der Waals surface area (Å²) in [5.74, 6) is 2.88. The Labute approximate surface area is 130 Å². The van der Waals surface area contributed by atoms with Crippen LogP contribution in [0.1, 0.15) is 25.5 Å². The van der Waals surface area contributed by atoms with Crippen molar-refractivity contribution in [3.63, 3.8) is 0 Å². The highest BCUT2D eigenvalue weighted by Gasteiger charge is 2.17. The molecule has 0 atom stereocenters. The Morgan fingerprint density at radius 2 is 1.95 bits per heavy atom. The summed E-state index contributed by atoms with van der Waals surface area (Å²) < 4.78 is 11.6. The van der Waals surface area contributed by atoms with Gasteiger partial charge in [-0.1, -0.05) is 13.8 Å². The zero-order chi connectivity index (χ0) is 14.3. The van der Waals surface area contributed by atoms with E-state index in [-0.39, 0.29) is 6.79 Å². The Bertz CT molecular complexity index is 674. The largest absolute Gasteiger partial charge is 0.454 e. The summed E-state index contributed by atoms with van der Waals surface area (Å²) in [4.78, 5) is 9.01. The summed E-state index contributed by atoms with van der Waals surface area (Å²) in [5.41, 5.74) is 7.83. The summed E-state index contributed by atoms with van der Waals surface area (Å²) in [7, 11) is 0. The number of nitrogens with zero attached hydrogens (tertiary/aromatic N) is 2. The van der Waals surface area contributed by atoms with Gasteiger partial charge in [0.05, 0.1) is 9.26 Å². The lowest BCUT2D eigenvalue weighted by molar-refractivity contribution is 0.174. The van der Waals surface area contributed by atoms with Crippen LogP contribution in [0.5, 0.6) is 11.5 Å². The molecule has 6 heteroatoms. The highest BCUT2D eigenvalue weighted by Crippen LogP contribution is 2.36. The Kier molecular flexibility index (Phi) is 3.41. The van der Waals surface area contributed by atoms with Crippen LogP contribution in [0.15, 0.2) is 18.2 Å². The second-order valence-electron chi connectivity index (χ2n) is 4.85. The molecule has 1 aromatic heterocycles. The van der Waals surface area contributed by atoms with E-state index in [4.69, 9.17) is 15.2 Å². The SMILES string of the molecule is CC(C)c1nc(-c2ccc3c(c2)OCO3)nc(N)c1I. The summed E-state index contributed by atoms with van der Waals surface area (Å²) in [5, 5.41) is 0. The predicted octanol–water partition coefficient (Wildman–Crippen LogP) is 3.18. The number of anilines is 1. The van der Waals surface area contributed by atoms with E-state index in [1.807, 2.05) is 18.2 Å². The Balaban J connectivity index is 2.10. The number of benzene rings is 1. The van der Waals surface area contributed by atoms with Crippen molar-refractivity contribution in [3.05, 3.63) is 27.5 Å². The number of fused-ring (bicyclic) bond motifs is 1. The third kappa shape index (κ3) is 2.28. The fraction of sp³-hybridized carbons (Fsp3) is 0.286. The minimum atomic E-state index is 0.256. The Hall–Kier alpha value is -1.57. The third-order valence-electron chi connectivity index (χ3n) is 3.08. The zero-order valence-corrected chi connectivity index (χ0v) is 13.3. The highest BCUT2D eigenvalue weighted by molar-refractivity contribution is 14.1. The molecular formula is C14H14IN3O2. The van der Waals surface area contributed by atoms with Crippen LogP contribution < -0.4 is 15.2 Å². The van der Waals surface area contributed by atoms with Crippen molar-refractivity contribution in [1.82, 2.24) is 9.97 Å². The first kappa shape index (κ1) is 13.4. The molecule has 2 heterocycles. The first-order chi connectivity index (χ1) is 9.56. The smallest absolute Gasteiger partial charge is 0.231 e. The van der Waals surface area contributed by atoms with Crippen LogP contribution in [0.4, 0.5) is 5.82 Å². The quantitative estimate of drug-likeness (QED) is 0.807. The number of ether oxygens (including phenoxy) is 2. The van der Waals surface area contributed by atoms with Gasteiger partial charge in [0.1, 0.15) is 5.82 Å². The predicted molar refractivity (Wildman–Crippen MR) is 84.8 cm³/mol. The van der Waals surface area contributed by atoms with Crippen molar-refractivity contribution in [3.8, 4) is 22.9 Å². The highest BCUT2D eigenvalue weighted by atomic mass is 127. The lowest BCUT2D eigenvalue weighted by atomic mass is 10.1. The van der Waals surface area contributed by atoms with Gasteiger partial charge in [-0.05, 0) is 46.7 Å². The average Bonchev–Trinajstić information content (AvgIpc) is 2.88. The van der Waals surface area contributed by atoms with Crippen LogP contribution in [0.2, 0.25) is 0 Å². The van der Waals surface area contributed by atoms with Crippen molar-refractivity contribution in [2.45, 2.75) is 19.8 Å². The van der Waals surface area contributed by atoms with E-state index < -0.39 is 0 Å². The standard InChI is InChI=1S/C14H14IN3O2/c1-7(2)12-11(15)13(16)18-14(17-12)8-3-4-9-10(5-8)20-6-19-9/h3-5,7H,6H2,1-2H3,(H2,16,17,18). The van der Waals surface area contributed by atoms with Crippen molar-refractivity contribution >= 4 is 28.4 Å². The fourth-order valence-electron chi connectivity index (χ4n) is 2.03. The number of halogens is 1. The molecule has 1 aromatic carbocycles. The minimum Gasteiger partial charge on any atom is -0.454 e. The third-order valence-corrected chi connectivity index (χ3v) is 4.19. The molecule has 1 aliphatic rings. The van der Waals surface area contributed by atoms with Gasteiger partial charge in [-0.15, -0.1) is 0 Å². The maximum Gasteiger partial charge on any atom is 0.231 e. The van der Waals surface area contributed by atoms with Crippen LogP contribution in [0.3, 0.4) is 0 Å². The van der Waals surface area contributed by atoms with Crippen LogP contribution >= 0.6 is 22.6 Å². The number of hydrogen-bond acceptors (Lipinski definition) is 5. The molecule has 2 aromatic rings. The molecule has 0 unspecified atom stereocenters. The van der Waals surface area contributed by atoms with Crippen LogP contribution in [-0.2, 0) is 0 Å².